The summed E-state index contributed by atoms with van der Waals surface area (Å²) in [6.45, 7) is 0.358. The molecule has 0 saturated heterocycles. The van der Waals surface area contributed by atoms with Gasteiger partial charge in [-0.1, -0.05) is 6.07 Å². The summed E-state index contributed by atoms with van der Waals surface area (Å²) in [7, 11) is 1.42. The first-order chi connectivity index (χ1) is 9.58. The molecule has 0 amide bonds. The number of carbonyl (C=O) groups is 1. The number of aromatic carboxylic acids is 1. The second-order valence-corrected chi connectivity index (χ2v) is 3.96. The third-order valence-corrected chi connectivity index (χ3v) is 2.43. The summed E-state index contributed by atoms with van der Waals surface area (Å²) >= 11 is 5.71. The Labute approximate surface area is 118 Å². The fraction of sp³-hybridized carbons (Fsp3) is 0.182. The van der Waals surface area contributed by atoms with E-state index in [2.05, 4.69) is 25.3 Å². The van der Waals surface area contributed by atoms with Crippen LogP contribution < -0.4 is 10.1 Å². The van der Waals surface area contributed by atoms with E-state index < -0.39 is 5.97 Å². The maximum absolute atomic E-state index is 10.7. The summed E-state index contributed by atoms with van der Waals surface area (Å²) in [5, 5.41) is 11.7. The predicted molar refractivity (Wildman–Crippen MR) is 69.9 cm³/mol. The van der Waals surface area contributed by atoms with Gasteiger partial charge in [-0.3, -0.25) is 0 Å². The minimum atomic E-state index is -1.07. The number of methoxy groups -OCH3 is 1. The number of carboxylic acids is 1. The topological polar surface area (TPSA) is 110 Å². The summed E-state index contributed by atoms with van der Waals surface area (Å²) in [4.78, 5) is 26.0. The molecular formula is C11H10ClN5O3. The lowest BCUT2D eigenvalue weighted by molar-refractivity contribution is 0.0690. The van der Waals surface area contributed by atoms with E-state index in [-0.39, 0.29) is 22.9 Å². The predicted octanol–water partition coefficient (Wildman–Crippen LogP) is 1.24. The standard InChI is InChI=1S/C11H10ClN5O3/c1-20-11-16-9(12)15-10(17-11)14-5-6-2-3-7(8(18)19)13-4-6/h2-4H,5H2,1H3,(H,18,19)(H,14,15,16,17). The molecule has 104 valence electrons. The molecule has 2 heterocycles. The van der Waals surface area contributed by atoms with Crippen LogP contribution in [0.4, 0.5) is 5.95 Å². The van der Waals surface area contributed by atoms with E-state index in [1.807, 2.05) is 0 Å². The largest absolute Gasteiger partial charge is 0.477 e. The summed E-state index contributed by atoms with van der Waals surface area (Å²) < 4.78 is 4.87. The first kappa shape index (κ1) is 13.9. The Morgan fingerprint density at radius 3 is 2.80 bits per heavy atom. The van der Waals surface area contributed by atoms with Gasteiger partial charge in [0.05, 0.1) is 7.11 Å². The molecule has 0 bridgehead atoms. The number of ether oxygens (including phenoxy) is 1. The van der Waals surface area contributed by atoms with Crippen molar-refractivity contribution in [3.63, 3.8) is 0 Å². The van der Waals surface area contributed by atoms with E-state index in [1.54, 1.807) is 6.07 Å². The molecule has 2 rings (SSSR count). The van der Waals surface area contributed by atoms with E-state index in [4.69, 9.17) is 21.4 Å². The van der Waals surface area contributed by atoms with Gasteiger partial charge in [-0.25, -0.2) is 9.78 Å². The van der Waals surface area contributed by atoms with Crippen molar-refractivity contribution in [1.29, 1.82) is 0 Å². The van der Waals surface area contributed by atoms with E-state index in [9.17, 15) is 4.79 Å². The number of aromatic nitrogens is 4. The van der Waals surface area contributed by atoms with Gasteiger partial charge in [0.2, 0.25) is 11.2 Å². The Hall–Kier alpha value is -2.48. The molecule has 2 N–H and O–H groups in total. The molecule has 0 aliphatic heterocycles. The maximum Gasteiger partial charge on any atom is 0.354 e. The van der Waals surface area contributed by atoms with Crippen LogP contribution in [0.15, 0.2) is 18.3 Å². The Morgan fingerprint density at radius 1 is 1.40 bits per heavy atom. The van der Waals surface area contributed by atoms with Gasteiger partial charge >= 0.3 is 12.0 Å². The lowest BCUT2D eigenvalue weighted by atomic mass is 10.2. The van der Waals surface area contributed by atoms with Crippen molar-refractivity contribution in [1.82, 2.24) is 19.9 Å². The highest BCUT2D eigenvalue weighted by Gasteiger charge is 2.06. The van der Waals surface area contributed by atoms with E-state index in [1.165, 1.54) is 19.4 Å². The summed E-state index contributed by atoms with van der Waals surface area (Å²) in [5.74, 6) is -0.817. The van der Waals surface area contributed by atoms with Gasteiger partial charge in [-0.15, -0.1) is 0 Å². The Kier molecular flexibility index (Phi) is 4.26. The van der Waals surface area contributed by atoms with Crippen molar-refractivity contribution in [2.75, 3.05) is 12.4 Å². The smallest absolute Gasteiger partial charge is 0.354 e. The molecule has 0 aromatic carbocycles. The number of pyridine rings is 1. The number of anilines is 1. The van der Waals surface area contributed by atoms with Gasteiger partial charge in [-0.05, 0) is 23.2 Å². The average molecular weight is 296 g/mol. The quantitative estimate of drug-likeness (QED) is 0.847. The number of hydrogen-bond donors (Lipinski definition) is 2. The fourth-order valence-electron chi connectivity index (χ4n) is 1.34. The third kappa shape index (κ3) is 3.51. The zero-order valence-corrected chi connectivity index (χ0v) is 11.1. The van der Waals surface area contributed by atoms with E-state index in [0.717, 1.165) is 5.56 Å². The van der Waals surface area contributed by atoms with Gasteiger partial charge in [0.25, 0.3) is 0 Å². The SMILES string of the molecule is COc1nc(Cl)nc(NCc2ccc(C(=O)O)nc2)n1. The second kappa shape index (κ2) is 6.11. The van der Waals surface area contributed by atoms with E-state index in [0.29, 0.717) is 6.54 Å². The van der Waals surface area contributed by atoms with Crippen LogP contribution in [0.5, 0.6) is 6.01 Å². The molecule has 0 atom stereocenters. The normalized spacial score (nSPS) is 10.1. The van der Waals surface area contributed by atoms with E-state index >= 15 is 0 Å². The Morgan fingerprint density at radius 2 is 2.20 bits per heavy atom. The molecule has 0 saturated carbocycles. The fourth-order valence-corrected chi connectivity index (χ4v) is 1.49. The number of halogens is 1. The lowest BCUT2D eigenvalue weighted by Crippen LogP contribution is -2.07. The number of hydrogen-bond acceptors (Lipinski definition) is 7. The van der Waals surface area contributed by atoms with Crippen LogP contribution in [-0.4, -0.2) is 38.1 Å². The van der Waals surface area contributed by atoms with Crippen LogP contribution in [0.3, 0.4) is 0 Å². The van der Waals surface area contributed by atoms with Crippen LogP contribution in [-0.2, 0) is 6.54 Å². The zero-order valence-electron chi connectivity index (χ0n) is 10.4. The summed E-state index contributed by atoms with van der Waals surface area (Å²) in [6, 6.07) is 3.16. The molecule has 2 aromatic rings. The van der Waals surface area contributed by atoms with Gasteiger partial charge in [0, 0.05) is 12.7 Å². The molecule has 0 spiro atoms. The number of rotatable bonds is 5. The summed E-state index contributed by atoms with van der Waals surface area (Å²) in [6.07, 6.45) is 1.45. The Balaban J connectivity index is 2.04. The van der Waals surface area contributed by atoms with Gasteiger partial charge < -0.3 is 15.2 Å². The molecule has 2 aromatic heterocycles. The number of nitrogens with one attached hydrogen (secondary N) is 1. The minimum absolute atomic E-state index is 0.0127. The van der Waals surface area contributed by atoms with Crippen molar-refractivity contribution in [3.05, 3.63) is 34.9 Å². The highest BCUT2D eigenvalue weighted by atomic mass is 35.5. The Bertz CT molecular complexity index is 620. The van der Waals surface area contributed by atoms with Crippen LogP contribution in [0.2, 0.25) is 5.28 Å². The monoisotopic (exact) mass is 295 g/mol. The lowest BCUT2D eigenvalue weighted by Gasteiger charge is -2.06. The second-order valence-electron chi connectivity index (χ2n) is 3.63. The highest BCUT2D eigenvalue weighted by Crippen LogP contribution is 2.11. The molecular weight excluding hydrogens is 286 g/mol. The van der Waals surface area contributed by atoms with Crippen molar-refractivity contribution in [2.45, 2.75) is 6.54 Å². The van der Waals surface area contributed by atoms with Crippen LogP contribution in [0.25, 0.3) is 0 Å². The van der Waals surface area contributed by atoms with Crippen LogP contribution in [0.1, 0.15) is 16.1 Å². The number of nitrogens with zero attached hydrogens (tertiary/aromatic N) is 4. The molecule has 8 nitrogen and oxygen atoms in total. The molecule has 0 aliphatic carbocycles. The summed E-state index contributed by atoms with van der Waals surface area (Å²) in [5.41, 5.74) is 0.754. The van der Waals surface area contributed by atoms with Crippen LogP contribution >= 0.6 is 11.6 Å². The molecule has 0 unspecified atom stereocenters. The molecule has 9 heteroatoms. The zero-order chi connectivity index (χ0) is 14.5. The minimum Gasteiger partial charge on any atom is -0.477 e. The van der Waals surface area contributed by atoms with Gasteiger partial charge in [0.1, 0.15) is 5.69 Å². The average Bonchev–Trinajstić information content (AvgIpc) is 2.45. The molecule has 0 aliphatic rings. The molecule has 20 heavy (non-hydrogen) atoms. The van der Waals surface area contributed by atoms with Crippen molar-refractivity contribution >= 4 is 23.5 Å². The van der Waals surface area contributed by atoms with Gasteiger partial charge in [0.15, 0.2) is 0 Å². The van der Waals surface area contributed by atoms with Crippen LogP contribution in [0, 0.1) is 0 Å². The number of carboxylic acid groups (broad SMARTS) is 1. The first-order valence-corrected chi connectivity index (χ1v) is 5.84. The van der Waals surface area contributed by atoms with Gasteiger partial charge in [-0.2, -0.15) is 15.0 Å². The molecule has 0 radical (unpaired) electrons. The van der Waals surface area contributed by atoms with Crippen molar-refractivity contribution in [2.24, 2.45) is 0 Å². The highest BCUT2D eigenvalue weighted by molar-refractivity contribution is 6.28. The first-order valence-electron chi connectivity index (χ1n) is 5.46. The molecule has 0 fully saturated rings. The van der Waals surface area contributed by atoms with Crippen molar-refractivity contribution in [3.8, 4) is 6.01 Å². The van der Waals surface area contributed by atoms with Crippen molar-refractivity contribution < 1.29 is 14.6 Å². The maximum atomic E-state index is 10.7. The third-order valence-electron chi connectivity index (χ3n) is 2.26.